The van der Waals surface area contributed by atoms with E-state index in [9.17, 15) is 14.4 Å². The van der Waals surface area contributed by atoms with E-state index in [0.717, 1.165) is 0 Å². The second-order valence-corrected chi connectivity index (χ2v) is 5.73. The number of carboxylic acids is 1. The third-order valence-corrected chi connectivity index (χ3v) is 3.44. The molecule has 0 heterocycles. The molecule has 7 nitrogen and oxygen atoms in total. The SMILES string of the molecule is C=CCOCC(NC(=O)CC(NC(C)=O)c1ccc(Cl)cc1)C(=O)O. The highest BCUT2D eigenvalue weighted by molar-refractivity contribution is 6.30. The Bertz CT molecular complexity index is 618. The summed E-state index contributed by atoms with van der Waals surface area (Å²) in [7, 11) is 0. The van der Waals surface area contributed by atoms with E-state index in [1.807, 2.05) is 0 Å². The van der Waals surface area contributed by atoms with Crippen LogP contribution < -0.4 is 10.6 Å². The molecule has 0 aliphatic heterocycles. The van der Waals surface area contributed by atoms with Crippen molar-refractivity contribution in [2.24, 2.45) is 0 Å². The molecule has 0 saturated heterocycles. The van der Waals surface area contributed by atoms with Gasteiger partial charge in [-0.3, -0.25) is 9.59 Å². The molecule has 0 aliphatic carbocycles. The van der Waals surface area contributed by atoms with Crippen molar-refractivity contribution in [1.82, 2.24) is 10.6 Å². The zero-order chi connectivity index (χ0) is 18.8. The predicted octanol–water partition coefficient (Wildman–Crippen LogP) is 1.68. The van der Waals surface area contributed by atoms with Gasteiger partial charge in [0.15, 0.2) is 6.04 Å². The number of rotatable bonds is 10. The van der Waals surface area contributed by atoms with Gasteiger partial charge in [-0.25, -0.2) is 4.79 Å². The molecule has 0 aromatic heterocycles. The molecule has 0 saturated carbocycles. The Balaban J connectivity index is 2.75. The molecule has 136 valence electrons. The second kappa shape index (κ2) is 10.5. The number of carbonyl (C=O) groups is 3. The summed E-state index contributed by atoms with van der Waals surface area (Å²) >= 11 is 5.84. The van der Waals surface area contributed by atoms with Crippen molar-refractivity contribution in [3.8, 4) is 0 Å². The Hall–Kier alpha value is -2.38. The van der Waals surface area contributed by atoms with Crippen LogP contribution in [0.15, 0.2) is 36.9 Å². The molecular weight excluding hydrogens is 348 g/mol. The molecule has 0 aliphatic rings. The summed E-state index contributed by atoms with van der Waals surface area (Å²) < 4.78 is 5.08. The van der Waals surface area contributed by atoms with Gasteiger partial charge in [-0.15, -0.1) is 6.58 Å². The van der Waals surface area contributed by atoms with Crippen molar-refractivity contribution in [3.63, 3.8) is 0 Å². The molecule has 0 bridgehead atoms. The van der Waals surface area contributed by atoms with Gasteiger partial charge in [0.25, 0.3) is 0 Å². The van der Waals surface area contributed by atoms with Crippen molar-refractivity contribution in [2.75, 3.05) is 13.2 Å². The highest BCUT2D eigenvalue weighted by Gasteiger charge is 2.23. The topological polar surface area (TPSA) is 105 Å². The maximum atomic E-state index is 12.2. The average Bonchev–Trinajstić information content (AvgIpc) is 2.53. The number of hydrogen-bond donors (Lipinski definition) is 3. The van der Waals surface area contributed by atoms with Crippen molar-refractivity contribution >= 4 is 29.4 Å². The third-order valence-electron chi connectivity index (χ3n) is 3.19. The molecular formula is C17H21ClN2O5. The molecule has 2 atom stereocenters. The second-order valence-electron chi connectivity index (χ2n) is 5.29. The Morgan fingerprint density at radius 3 is 2.44 bits per heavy atom. The summed E-state index contributed by atoms with van der Waals surface area (Å²) in [4.78, 5) is 34.8. The van der Waals surface area contributed by atoms with Gasteiger partial charge in [0.1, 0.15) is 0 Å². The molecule has 25 heavy (non-hydrogen) atoms. The van der Waals surface area contributed by atoms with E-state index in [2.05, 4.69) is 17.2 Å². The van der Waals surface area contributed by atoms with Crippen LogP contribution in [0.1, 0.15) is 24.9 Å². The van der Waals surface area contributed by atoms with Crippen LogP contribution >= 0.6 is 11.6 Å². The fourth-order valence-corrected chi connectivity index (χ4v) is 2.20. The molecule has 3 N–H and O–H groups in total. The van der Waals surface area contributed by atoms with E-state index in [4.69, 9.17) is 21.4 Å². The van der Waals surface area contributed by atoms with E-state index in [0.29, 0.717) is 10.6 Å². The standard InChI is InChI=1S/C17H21ClN2O5/c1-3-8-25-10-15(17(23)24)20-16(22)9-14(19-11(2)21)12-4-6-13(18)7-5-12/h3-7,14-15H,1,8-10H2,2H3,(H,19,21)(H,20,22)(H,23,24). The van der Waals surface area contributed by atoms with Crippen LogP contribution in [0, 0.1) is 0 Å². The highest BCUT2D eigenvalue weighted by atomic mass is 35.5. The van der Waals surface area contributed by atoms with Gasteiger partial charge in [0.2, 0.25) is 11.8 Å². The molecule has 1 aromatic carbocycles. The summed E-state index contributed by atoms with van der Waals surface area (Å²) in [5.41, 5.74) is 0.685. The lowest BCUT2D eigenvalue weighted by Crippen LogP contribution is -2.45. The Labute approximate surface area is 151 Å². The number of nitrogens with one attached hydrogen (secondary N) is 2. The van der Waals surface area contributed by atoms with E-state index in [-0.39, 0.29) is 25.5 Å². The van der Waals surface area contributed by atoms with E-state index in [1.165, 1.54) is 13.0 Å². The first-order valence-corrected chi connectivity index (χ1v) is 7.94. The molecule has 1 aromatic rings. The molecule has 2 amide bonds. The summed E-state index contributed by atoms with van der Waals surface area (Å²) in [5.74, 6) is -2.04. The normalized spacial score (nSPS) is 12.7. The maximum absolute atomic E-state index is 12.2. The van der Waals surface area contributed by atoms with Crippen molar-refractivity contribution in [2.45, 2.75) is 25.4 Å². The fourth-order valence-electron chi connectivity index (χ4n) is 2.08. The minimum absolute atomic E-state index is 0.119. The van der Waals surface area contributed by atoms with Gasteiger partial charge in [0.05, 0.1) is 25.7 Å². The number of carboxylic acid groups (broad SMARTS) is 1. The quantitative estimate of drug-likeness (QED) is 0.430. The van der Waals surface area contributed by atoms with Gasteiger partial charge in [-0.1, -0.05) is 29.8 Å². The van der Waals surface area contributed by atoms with Crippen molar-refractivity contribution < 1.29 is 24.2 Å². The Kier molecular flexibility index (Phi) is 8.66. The third kappa shape index (κ3) is 7.82. The molecule has 0 spiro atoms. The number of benzene rings is 1. The number of aliphatic carboxylic acids is 1. The summed E-state index contributed by atoms with van der Waals surface area (Å²) in [5, 5.41) is 14.7. The zero-order valence-electron chi connectivity index (χ0n) is 13.8. The highest BCUT2D eigenvalue weighted by Crippen LogP contribution is 2.19. The van der Waals surface area contributed by atoms with Crippen LogP contribution in [0.5, 0.6) is 0 Å². The van der Waals surface area contributed by atoms with Gasteiger partial charge in [0, 0.05) is 11.9 Å². The first kappa shape index (κ1) is 20.7. The number of hydrogen-bond acceptors (Lipinski definition) is 4. The molecule has 0 fully saturated rings. The largest absolute Gasteiger partial charge is 0.480 e. The number of ether oxygens (including phenoxy) is 1. The minimum Gasteiger partial charge on any atom is -0.480 e. The lowest BCUT2D eigenvalue weighted by Gasteiger charge is -2.20. The molecule has 0 radical (unpaired) electrons. The summed E-state index contributed by atoms with van der Waals surface area (Å²) in [6, 6.07) is 4.89. The predicted molar refractivity (Wildman–Crippen MR) is 93.2 cm³/mol. The van der Waals surface area contributed by atoms with Crippen LogP contribution in [-0.4, -0.2) is 42.1 Å². The summed E-state index contributed by atoms with van der Waals surface area (Å²) in [6.45, 7) is 4.80. The minimum atomic E-state index is -1.21. The Morgan fingerprint density at radius 2 is 1.92 bits per heavy atom. The zero-order valence-corrected chi connectivity index (χ0v) is 14.6. The summed E-state index contributed by atoms with van der Waals surface area (Å²) in [6.07, 6.45) is 1.36. The van der Waals surface area contributed by atoms with Crippen LogP contribution in [-0.2, 0) is 19.1 Å². The van der Waals surface area contributed by atoms with Gasteiger partial charge in [-0.05, 0) is 17.7 Å². The number of amides is 2. The first-order chi connectivity index (χ1) is 11.8. The maximum Gasteiger partial charge on any atom is 0.328 e. The van der Waals surface area contributed by atoms with Crippen LogP contribution in [0.25, 0.3) is 0 Å². The van der Waals surface area contributed by atoms with E-state index >= 15 is 0 Å². The number of carbonyl (C=O) groups excluding carboxylic acids is 2. The van der Waals surface area contributed by atoms with E-state index in [1.54, 1.807) is 24.3 Å². The van der Waals surface area contributed by atoms with Gasteiger partial charge in [-0.2, -0.15) is 0 Å². The fraction of sp³-hybridized carbons (Fsp3) is 0.353. The van der Waals surface area contributed by atoms with Crippen LogP contribution in [0.3, 0.4) is 0 Å². The number of halogens is 1. The van der Waals surface area contributed by atoms with Crippen LogP contribution in [0.2, 0.25) is 5.02 Å². The van der Waals surface area contributed by atoms with Gasteiger partial charge < -0.3 is 20.5 Å². The van der Waals surface area contributed by atoms with Crippen molar-refractivity contribution in [1.29, 1.82) is 0 Å². The molecule has 1 rings (SSSR count). The van der Waals surface area contributed by atoms with Gasteiger partial charge >= 0.3 is 5.97 Å². The Morgan fingerprint density at radius 1 is 1.28 bits per heavy atom. The lowest BCUT2D eigenvalue weighted by molar-refractivity contribution is -0.143. The molecule has 8 heteroatoms. The smallest absolute Gasteiger partial charge is 0.328 e. The monoisotopic (exact) mass is 368 g/mol. The van der Waals surface area contributed by atoms with Crippen molar-refractivity contribution in [3.05, 3.63) is 47.5 Å². The average molecular weight is 369 g/mol. The van der Waals surface area contributed by atoms with E-state index < -0.39 is 24.0 Å². The molecule has 2 unspecified atom stereocenters. The van der Waals surface area contributed by atoms with Crippen LogP contribution in [0.4, 0.5) is 0 Å². The first-order valence-electron chi connectivity index (χ1n) is 7.56. The lowest BCUT2D eigenvalue weighted by atomic mass is 10.0.